The number of methoxy groups -OCH3 is 1. The number of carbonyl (C=O) groups is 3. The standard InChI is InChI=1S/C21H17N5O4/c1-30-21(29)17(25-18(27)11-12-19(25)28)13-14-7-9-16(10-8-14)26-23-20(22-24-26)15-5-3-2-4-6-15/h2-12,17H,13H2,1H3/t17-/m0/s1. The Kier molecular flexibility index (Phi) is 5.17. The molecule has 0 saturated heterocycles. The average Bonchev–Trinajstić information content (AvgIpc) is 3.40. The third kappa shape index (κ3) is 3.72. The van der Waals surface area contributed by atoms with Gasteiger partial charge in [-0.25, -0.2) is 4.79 Å². The van der Waals surface area contributed by atoms with E-state index in [-0.39, 0.29) is 6.42 Å². The monoisotopic (exact) mass is 403 g/mol. The molecule has 0 N–H and O–H groups in total. The summed E-state index contributed by atoms with van der Waals surface area (Å²) in [6.07, 6.45) is 2.41. The van der Waals surface area contributed by atoms with E-state index in [1.807, 2.05) is 30.3 Å². The van der Waals surface area contributed by atoms with Gasteiger partial charge in [-0.05, 0) is 22.9 Å². The zero-order valence-corrected chi connectivity index (χ0v) is 16.0. The van der Waals surface area contributed by atoms with E-state index < -0.39 is 23.8 Å². The number of benzene rings is 2. The van der Waals surface area contributed by atoms with Crippen LogP contribution in [0.1, 0.15) is 5.56 Å². The fourth-order valence-corrected chi connectivity index (χ4v) is 3.15. The summed E-state index contributed by atoms with van der Waals surface area (Å²) in [5, 5.41) is 12.5. The van der Waals surface area contributed by atoms with E-state index in [1.165, 1.54) is 11.9 Å². The maximum Gasteiger partial charge on any atom is 0.329 e. The molecule has 0 aliphatic carbocycles. The lowest BCUT2D eigenvalue weighted by Gasteiger charge is -2.23. The lowest BCUT2D eigenvalue weighted by atomic mass is 10.0. The van der Waals surface area contributed by atoms with E-state index in [9.17, 15) is 14.4 Å². The van der Waals surface area contributed by atoms with Crippen LogP contribution in [0.5, 0.6) is 0 Å². The van der Waals surface area contributed by atoms with Crippen molar-refractivity contribution >= 4 is 17.8 Å². The number of imide groups is 1. The lowest BCUT2D eigenvalue weighted by Crippen LogP contribution is -2.46. The van der Waals surface area contributed by atoms with E-state index in [0.29, 0.717) is 11.5 Å². The summed E-state index contributed by atoms with van der Waals surface area (Å²) in [7, 11) is 1.22. The lowest BCUT2D eigenvalue weighted by molar-refractivity contribution is -0.155. The van der Waals surface area contributed by atoms with Crippen molar-refractivity contribution in [1.82, 2.24) is 25.1 Å². The Hall–Kier alpha value is -4.14. The first kappa shape index (κ1) is 19.2. The Morgan fingerprint density at radius 3 is 2.30 bits per heavy atom. The van der Waals surface area contributed by atoms with Gasteiger partial charge in [-0.15, -0.1) is 15.0 Å². The Balaban J connectivity index is 1.53. The van der Waals surface area contributed by atoms with Gasteiger partial charge in [0.15, 0.2) is 0 Å². The summed E-state index contributed by atoms with van der Waals surface area (Å²) in [6, 6.07) is 15.5. The summed E-state index contributed by atoms with van der Waals surface area (Å²) in [4.78, 5) is 38.5. The minimum atomic E-state index is -1.04. The molecule has 3 aromatic rings. The molecule has 9 nitrogen and oxygen atoms in total. The highest BCUT2D eigenvalue weighted by molar-refractivity contribution is 6.14. The molecule has 0 unspecified atom stereocenters. The Morgan fingerprint density at radius 2 is 1.67 bits per heavy atom. The molecule has 2 aromatic carbocycles. The van der Waals surface area contributed by atoms with Crippen molar-refractivity contribution in [2.45, 2.75) is 12.5 Å². The van der Waals surface area contributed by atoms with Gasteiger partial charge < -0.3 is 4.74 Å². The molecule has 1 aromatic heterocycles. The summed E-state index contributed by atoms with van der Waals surface area (Å²) in [5.74, 6) is -1.22. The average molecular weight is 403 g/mol. The maximum absolute atomic E-state index is 12.2. The van der Waals surface area contributed by atoms with Crippen molar-refractivity contribution in [2.24, 2.45) is 0 Å². The fraction of sp³-hybridized carbons (Fsp3) is 0.143. The van der Waals surface area contributed by atoms with Crippen LogP contribution in [0, 0.1) is 0 Å². The number of hydrogen-bond acceptors (Lipinski definition) is 7. The van der Waals surface area contributed by atoms with E-state index >= 15 is 0 Å². The number of ether oxygens (including phenoxy) is 1. The van der Waals surface area contributed by atoms with Crippen LogP contribution in [0.2, 0.25) is 0 Å². The van der Waals surface area contributed by atoms with E-state index in [1.54, 1.807) is 24.3 Å². The van der Waals surface area contributed by atoms with Crippen LogP contribution in [0.25, 0.3) is 17.1 Å². The molecule has 4 rings (SSSR count). The van der Waals surface area contributed by atoms with Crippen LogP contribution in [-0.4, -0.2) is 56.0 Å². The van der Waals surface area contributed by atoms with Crippen molar-refractivity contribution in [1.29, 1.82) is 0 Å². The smallest absolute Gasteiger partial charge is 0.329 e. The second-order valence-electron chi connectivity index (χ2n) is 6.56. The van der Waals surface area contributed by atoms with E-state index in [4.69, 9.17) is 4.74 Å². The molecule has 0 spiro atoms. The van der Waals surface area contributed by atoms with Crippen LogP contribution in [0.3, 0.4) is 0 Å². The van der Waals surface area contributed by atoms with Gasteiger partial charge >= 0.3 is 5.97 Å². The van der Waals surface area contributed by atoms with Gasteiger partial charge in [0.1, 0.15) is 6.04 Å². The molecular formula is C21H17N5O4. The number of amides is 2. The SMILES string of the molecule is COC(=O)[C@H](Cc1ccc(-n2nnc(-c3ccccc3)n2)cc1)N1C(=O)C=CC1=O. The topological polar surface area (TPSA) is 107 Å². The zero-order chi connectivity index (χ0) is 21.1. The van der Waals surface area contributed by atoms with E-state index in [0.717, 1.165) is 28.2 Å². The first-order valence-corrected chi connectivity index (χ1v) is 9.14. The van der Waals surface area contributed by atoms with Crippen LogP contribution in [0.4, 0.5) is 0 Å². The molecule has 0 saturated carbocycles. The van der Waals surface area contributed by atoms with Gasteiger partial charge in [-0.1, -0.05) is 42.5 Å². The van der Waals surface area contributed by atoms with Gasteiger partial charge in [-0.3, -0.25) is 14.5 Å². The maximum atomic E-state index is 12.2. The number of nitrogens with zero attached hydrogens (tertiary/aromatic N) is 5. The van der Waals surface area contributed by atoms with Crippen LogP contribution in [-0.2, 0) is 25.5 Å². The summed E-state index contributed by atoms with van der Waals surface area (Å²) >= 11 is 0. The Morgan fingerprint density at radius 1 is 1.00 bits per heavy atom. The summed E-state index contributed by atoms with van der Waals surface area (Å²) < 4.78 is 4.79. The largest absolute Gasteiger partial charge is 0.467 e. The number of aromatic nitrogens is 4. The minimum absolute atomic E-state index is 0.131. The molecular weight excluding hydrogens is 386 g/mol. The number of tetrazole rings is 1. The molecule has 2 heterocycles. The summed E-state index contributed by atoms with van der Waals surface area (Å²) in [6.45, 7) is 0. The van der Waals surface area contributed by atoms with Gasteiger partial charge in [0.2, 0.25) is 5.82 Å². The highest BCUT2D eigenvalue weighted by atomic mass is 16.5. The van der Waals surface area contributed by atoms with Crippen molar-refractivity contribution in [3.63, 3.8) is 0 Å². The van der Waals surface area contributed by atoms with Crippen molar-refractivity contribution in [3.05, 3.63) is 72.3 Å². The highest BCUT2D eigenvalue weighted by Gasteiger charge is 2.36. The van der Waals surface area contributed by atoms with Crippen molar-refractivity contribution in [2.75, 3.05) is 7.11 Å². The van der Waals surface area contributed by atoms with Crippen LogP contribution in [0.15, 0.2) is 66.7 Å². The third-order valence-electron chi connectivity index (χ3n) is 4.67. The van der Waals surface area contributed by atoms with Crippen molar-refractivity contribution in [3.8, 4) is 17.1 Å². The number of esters is 1. The van der Waals surface area contributed by atoms with Gasteiger partial charge in [0.05, 0.1) is 12.8 Å². The van der Waals surface area contributed by atoms with Gasteiger partial charge in [0, 0.05) is 24.1 Å². The molecule has 1 aliphatic heterocycles. The van der Waals surface area contributed by atoms with Crippen LogP contribution >= 0.6 is 0 Å². The molecule has 150 valence electrons. The molecule has 0 fully saturated rings. The van der Waals surface area contributed by atoms with Crippen LogP contribution < -0.4 is 0 Å². The van der Waals surface area contributed by atoms with E-state index in [2.05, 4.69) is 15.4 Å². The Labute approximate surface area is 171 Å². The fourth-order valence-electron chi connectivity index (χ4n) is 3.15. The number of carbonyl (C=O) groups excluding carboxylic acids is 3. The second kappa shape index (κ2) is 8.08. The molecule has 30 heavy (non-hydrogen) atoms. The molecule has 0 radical (unpaired) electrons. The Bertz CT molecular complexity index is 1100. The molecule has 1 aliphatic rings. The minimum Gasteiger partial charge on any atom is -0.467 e. The normalized spacial score (nSPS) is 14.2. The second-order valence-corrected chi connectivity index (χ2v) is 6.56. The molecule has 0 bridgehead atoms. The summed E-state index contributed by atoms with van der Waals surface area (Å²) in [5.41, 5.74) is 2.28. The number of hydrogen-bond donors (Lipinski definition) is 0. The number of rotatable bonds is 6. The predicted octanol–water partition coefficient (Wildman–Crippen LogP) is 1.34. The van der Waals surface area contributed by atoms with Gasteiger partial charge in [0.25, 0.3) is 11.8 Å². The first-order valence-electron chi connectivity index (χ1n) is 9.14. The zero-order valence-electron chi connectivity index (χ0n) is 16.0. The molecule has 9 heteroatoms. The molecule has 2 amide bonds. The third-order valence-corrected chi connectivity index (χ3v) is 4.67. The highest BCUT2D eigenvalue weighted by Crippen LogP contribution is 2.18. The van der Waals surface area contributed by atoms with Gasteiger partial charge in [-0.2, -0.15) is 0 Å². The predicted molar refractivity (Wildman–Crippen MR) is 105 cm³/mol. The first-order chi connectivity index (χ1) is 14.6. The quantitative estimate of drug-likeness (QED) is 0.451. The van der Waals surface area contributed by atoms with Crippen molar-refractivity contribution < 1.29 is 19.1 Å². The molecule has 1 atom stereocenters.